The van der Waals surface area contributed by atoms with Gasteiger partial charge in [0.25, 0.3) is 0 Å². The summed E-state index contributed by atoms with van der Waals surface area (Å²) in [5.74, 6) is 1.81. The van der Waals surface area contributed by atoms with Gasteiger partial charge < -0.3 is 25.4 Å². The summed E-state index contributed by atoms with van der Waals surface area (Å²) in [6.07, 6.45) is 0.974. The van der Waals surface area contributed by atoms with Crippen LogP contribution in [0.15, 0.2) is 47.5 Å². The van der Waals surface area contributed by atoms with Gasteiger partial charge in [0.1, 0.15) is 11.5 Å². The summed E-state index contributed by atoms with van der Waals surface area (Å²) in [4.78, 5) is 9.42. The molecular formula is C23H33N5O2. The molecule has 7 heteroatoms. The normalized spacial score (nSPS) is 15.2. The number of piperazine rings is 1. The van der Waals surface area contributed by atoms with Gasteiger partial charge in [0.2, 0.25) is 0 Å². The van der Waals surface area contributed by atoms with Crippen LogP contribution < -0.4 is 25.4 Å². The number of anilines is 2. The van der Waals surface area contributed by atoms with Gasteiger partial charge in [0, 0.05) is 51.0 Å². The van der Waals surface area contributed by atoms with Gasteiger partial charge in [-0.1, -0.05) is 12.1 Å². The number of hydrogen-bond donors (Lipinski definition) is 2. The van der Waals surface area contributed by atoms with Crippen LogP contribution >= 0.6 is 0 Å². The summed E-state index contributed by atoms with van der Waals surface area (Å²) in [7, 11) is 3.25. The van der Waals surface area contributed by atoms with E-state index < -0.39 is 0 Å². The molecule has 3 N–H and O–H groups in total. The predicted octanol–water partition coefficient (Wildman–Crippen LogP) is 2.95. The molecule has 162 valence electrons. The summed E-state index contributed by atoms with van der Waals surface area (Å²) in [6.45, 7) is 8.13. The molecule has 0 atom stereocenters. The van der Waals surface area contributed by atoms with E-state index in [1.807, 2.05) is 18.2 Å². The first-order chi connectivity index (χ1) is 14.6. The van der Waals surface area contributed by atoms with Gasteiger partial charge in [0.15, 0.2) is 5.96 Å². The monoisotopic (exact) mass is 411 g/mol. The van der Waals surface area contributed by atoms with Crippen LogP contribution in [-0.2, 0) is 0 Å². The Morgan fingerprint density at radius 1 is 1.07 bits per heavy atom. The van der Waals surface area contributed by atoms with Crippen molar-refractivity contribution in [3.63, 3.8) is 0 Å². The first-order valence-corrected chi connectivity index (χ1v) is 10.4. The number of nitrogens with two attached hydrogens (primary N) is 1. The molecule has 0 aromatic heterocycles. The molecule has 1 saturated heterocycles. The zero-order valence-electron chi connectivity index (χ0n) is 18.2. The first-order valence-electron chi connectivity index (χ1n) is 10.4. The Hall–Kier alpha value is -2.93. The highest BCUT2D eigenvalue weighted by molar-refractivity contribution is 5.94. The van der Waals surface area contributed by atoms with Crippen LogP contribution in [0.4, 0.5) is 11.4 Å². The third kappa shape index (κ3) is 6.03. The van der Waals surface area contributed by atoms with Crippen molar-refractivity contribution in [3.05, 3.63) is 48.0 Å². The van der Waals surface area contributed by atoms with E-state index in [-0.39, 0.29) is 0 Å². The van der Waals surface area contributed by atoms with Crippen LogP contribution in [0.2, 0.25) is 0 Å². The van der Waals surface area contributed by atoms with Crippen molar-refractivity contribution in [3.8, 4) is 11.5 Å². The minimum absolute atomic E-state index is 0.380. The van der Waals surface area contributed by atoms with Gasteiger partial charge in [-0.15, -0.1) is 0 Å². The lowest BCUT2D eigenvalue weighted by Gasteiger charge is -2.36. The molecule has 0 amide bonds. The lowest BCUT2D eigenvalue weighted by molar-refractivity contribution is 0.256. The topological polar surface area (TPSA) is 75.3 Å². The molecule has 0 bridgehead atoms. The molecule has 0 radical (unpaired) electrons. The Bertz CT molecular complexity index is 847. The Kier molecular flexibility index (Phi) is 7.79. The maximum absolute atomic E-state index is 6.06. The molecule has 0 spiro atoms. The molecule has 1 aliphatic rings. The molecule has 1 heterocycles. The minimum Gasteiger partial charge on any atom is -0.497 e. The third-order valence-electron chi connectivity index (χ3n) is 5.32. The predicted molar refractivity (Wildman–Crippen MR) is 124 cm³/mol. The maximum Gasteiger partial charge on any atom is 0.193 e. The summed E-state index contributed by atoms with van der Waals surface area (Å²) in [5, 5.41) is 3.11. The fourth-order valence-corrected chi connectivity index (χ4v) is 3.64. The second kappa shape index (κ2) is 10.7. The highest BCUT2D eigenvalue weighted by Crippen LogP contribution is 2.28. The summed E-state index contributed by atoms with van der Waals surface area (Å²) >= 11 is 0. The summed E-state index contributed by atoms with van der Waals surface area (Å²) in [5.41, 5.74) is 9.43. The van der Waals surface area contributed by atoms with Crippen LogP contribution in [0.1, 0.15) is 12.0 Å². The molecular weight excluding hydrogens is 378 g/mol. The SMILES string of the molecule is COc1ccc(OC)c(NC(N)=NCCCN2CCN(c3cccc(C)c3)CC2)c1. The van der Waals surface area contributed by atoms with Crippen molar-refractivity contribution in [2.75, 3.05) is 63.7 Å². The smallest absolute Gasteiger partial charge is 0.193 e. The third-order valence-corrected chi connectivity index (χ3v) is 5.32. The number of guanidine groups is 1. The number of nitrogens with zero attached hydrogens (tertiary/aromatic N) is 3. The molecule has 2 aromatic rings. The standard InChI is InChI=1S/C23H33N5O2/c1-18-6-4-7-19(16-18)28-14-12-27(13-15-28)11-5-10-25-23(24)26-21-17-20(29-2)8-9-22(21)30-3/h4,6-9,16-17H,5,10-15H2,1-3H3,(H3,24,25,26). The number of rotatable bonds is 8. The fraction of sp³-hybridized carbons (Fsp3) is 0.435. The van der Waals surface area contributed by atoms with Crippen molar-refractivity contribution in [2.45, 2.75) is 13.3 Å². The lowest BCUT2D eigenvalue weighted by atomic mass is 10.2. The second-order valence-corrected chi connectivity index (χ2v) is 7.48. The van der Waals surface area contributed by atoms with Crippen molar-refractivity contribution in [2.24, 2.45) is 10.7 Å². The molecule has 0 unspecified atom stereocenters. The van der Waals surface area contributed by atoms with Gasteiger partial charge >= 0.3 is 0 Å². The van der Waals surface area contributed by atoms with E-state index in [2.05, 4.69) is 51.3 Å². The van der Waals surface area contributed by atoms with E-state index in [1.54, 1.807) is 14.2 Å². The number of benzene rings is 2. The van der Waals surface area contributed by atoms with Crippen LogP contribution in [0.5, 0.6) is 11.5 Å². The zero-order chi connectivity index (χ0) is 21.3. The van der Waals surface area contributed by atoms with E-state index >= 15 is 0 Å². The molecule has 1 fully saturated rings. The van der Waals surface area contributed by atoms with E-state index in [4.69, 9.17) is 15.2 Å². The number of aliphatic imine (C=N–C) groups is 1. The van der Waals surface area contributed by atoms with Crippen molar-refractivity contribution >= 4 is 17.3 Å². The molecule has 3 rings (SSSR count). The number of aryl methyl sites for hydroxylation is 1. The Morgan fingerprint density at radius 2 is 1.87 bits per heavy atom. The van der Waals surface area contributed by atoms with E-state index in [9.17, 15) is 0 Å². The number of nitrogens with one attached hydrogen (secondary N) is 1. The molecule has 7 nitrogen and oxygen atoms in total. The van der Waals surface area contributed by atoms with Crippen molar-refractivity contribution < 1.29 is 9.47 Å². The Balaban J connectivity index is 1.41. The van der Waals surface area contributed by atoms with E-state index in [0.29, 0.717) is 18.3 Å². The molecule has 0 aliphatic carbocycles. The number of hydrogen-bond acceptors (Lipinski definition) is 5. The van der Waals surface area contributed by atoms with Crippen molar-refractivity contribution in [1.82, 2.24) is 4.90 Å². The zero-order valence-corrected chi connectivity index (χ0v) is 18.2. The molecule has 1 aliphatic heterocycles. The van der Waals surface area contributed by atoms with Gasteiger partial charge in [-0.25, -0.2) is 0 Å². The maximum atomic E-state index is 6.06. The highest BCUT2D eigenvalue weighted by Gasteiger charge is 2.16. The molecule has 2 aromatic carbocycles. The molecule has 30 heavy (non-hydrogen) atoms. The van der Waals surface area contributed by atoms with Gasteiger partial charge in [-0.3, -0.25) is 9.89 Å². The van der Waals surface area contributed by atoms with Crippen LogP contribution in [0.3, 0.4) is 0 Å². The lowest BCUT2D eigenvalue weighted by Crippen LogP contribution is -2.46. The van der Waals surface area contributed by atoms with Gasteiger partial charge in [0.05, 0.1) is 19.9 Å². The van der Waals surface area contributed by atoms with Gasteiger partial charge in [-0.2, -0.15) is 0 Å². The second-order valence-electron chi connectivity index (χ2n) is 7.48. The van der Waals surface area contributed by atoms with Gasteiger partial charge in [-0.05, 0) is 43.2 Å². The quantitative estimate of drug-likeness (QED) is 0.395. The number of ether oxygens (including phenoxy) is 2. The average molecular weight is 412 g/mol. The summed E-state index contributed by atoms with van der Waals surface area (Å²) < 4.78 is 10.6. The van der Waals surface area contributed by atoms with E-state index in [0.717, 1.165) is 50.6 Å². The Labute approximate surface area is 179 Å². The fourth-order valence-electron chi connectivity index (χ4n) is 3.64. The highest BCUT2D eigenvalue weighted by atomic mass is 16.5. The summed E-state index contributed by atoms with van der Waals surface area (Å²) in [6, 6.07) is 14.3. The molecule has 0 saturated carbocycles. The van der Waals surface area contributed by atoms with Crippen molar-refractivity contribution in [1.29, 1.82) is 0 Å². The van der Waals surface area contributed by atoms with E-state index in [1.165, 1.54) is 11.3 Å². The first kappa shape index (κ1) is 21.8. The largest absolute Gasteiger partial charge is 0.497 e. The average Bonchev–Trinajstić information content (AvgIpc) is 2.77. The van der Waals surface area contributed by atoms with Crippen LogP contribution in [0, 0.1) is 6.92 Å². The number of methoxy groups -OCH3 is 2. The van der Waals surface area contributed by atoms with Crippen LogP contribution in [-0.4, -0.2) is 64.3 Å². The minimum atomic E-state index is 0.380. The van der Waals surface area contributed by atoms with Crippen LogP contribution in [0.25, 0.3) is 0 Å². The Morgan fingerprint density at radius 3 is 2.57 bits per heavy atom.